The second kappa shape index (κ2) is 7.43. The first-order valence-electron chi connectivity index (χ1n) is 7.35. The second-order valence-corrected chi connectivity index (χ2v) is 5.79. The van der Waals surface area contributed by atoms with E-state index in [2.05, 4.69) is 68.9 Å². The molecule has 1 aromatic rings. The molecular formula is C15H29N5. The summed E-state index contributed by atoms with van der Waals surface area (Å²) >= 11 is 0. The van der Waals surface area contributed by atoms with Gasteiger partial charge in [-0.15, -0.1) is 0 Å². The number of hydrogen-bond acceptors (Lipinski definition) is 5. The predicted molar refractivity (Wildman–Crippen MR) is 86.8 cm³/mol. The zero-order valence-corrected chi connectivity index (χ0v) is 14.0. The highest BCUT2D eigenvalue weighted by Gasteiger charge is 2.15. The van der Waals surface area contributed by atoms with Crippen molar-refractivity contribution in [3.8, 4) is 0 Å². The Hall–Kier alpha value is -1.36. The lowest BCUT2D eigenvalue weighted by Crippen LogP contribution is -2.30. The van der Waals surface area contributed by atoms with Gasteiger partial charge in [0.1, 0.15) is 17.5 Å². The molecule has 1 N–H and O–H groups in total. The molecule has 0 aromatic carbocycles. The Morgan fingerprint density at radius 1 is 1.10 bits per heavy atom. The number of anilines is 2. The van der Waals surface area contributed by atoms with Gasteiger partial charge in [0.05, 0.1) is 0 Å². The van der Waals surface area contributed by atoms with Crippen LogP contribution in [0.25, 0.3) is 0 Å². The second-order valence-electron chi connectivity index (χ2n) is 5.79. The van der Waals surface area contributed by atoms with Crippen LogP contribution in [0.4, 0.5) is 11.6 Å². The van der Waals surface area contributed by atoms with Crippen LogP contribution in [-0.2, 0) is 0 Å². The molecule has 0 saturated heterocycles. The summed E-state index contributed by atoms with van der Waals surface area (Å²) in [6, 6.07) is 0. The van der Waals surface area contributed by atoms with Crippen molar-refractivity contribution in [1.82, 2.24) is 14.9 Å². The Kier molecular flexibility index (Phi) is 6.20. The number of aromatic nitrogens is 2. The summed E-state index contributed by atoms with van der Waals surface area (Å²) in [6.07, 6.45) is 0. The lowest BCUT2D eigenvalue weighted by Gasteiger charge is -2.24. The largest absolute Gasteiger partial charge is 0.370 e. The third-order valence-corrected chi connectivity index (χ3v) is 3.24. The van der Waals surface area contributed by atoms with Gasteiger partial charge < -0.3 is 15.1 Å². The Balaban J connectivity index is 3.09. The van der Waals surface area contributed by atoms with Crippen molar-refractivity contribution < 1.29 is 0 Å². The molecule has 0 aliphatic heterocycles. The van der Waals surface area contributed by atoms with E-state index < -0.39 is 0 Å². The zero-order chi connectivity index (χ0) is 15.3. The van der Waals surface area contributed by atoms with Crippen molar-refractivity contribution in [2.45, 2.75) is 33.6 Å². The molecule has 5 heteroatoms. The number of rotatable bonds is 7. The number of nitrogens with one attached hydrogen (secondary N) is 1. The van der Waals surface area contributed by atoms with Crippen LogP contribution in [0.5, 0.6) is 0 Å². The average molecular weight is 279 g/mol. The third-order valence-electron chi connectivity index (χ3n) is 3.24. The number of nitrogens with zero attached hydrogens (tertiary/aromatic N) is 4. The molecule has 1 aromatic heterocycles. The lowest BCUT2D eigenvalue weighted by molar-refractivity contribution is 0.416. The van der Waals surface area contributed by atoms with Crippen molar-refractivity contribution in [3.05, 3.63) is 11.4 Å². The zero-order valence-electron chi connectivity index (χ0n) is 14.0. The molecule has 5 nitrogen and oxygen atoms in total. The minimum absolute atomic E-state index is 0.328. The average Bonchev–Trinajstić information content (AvgIpc) is 2.38. The standard InChI is InChI=1S/C15H29N5/c1-8-16-14-12(4)15(18-13(17-14)11(2)3)20(7)10-9-19(5)6/h11H,8-10H2,1-7H3,(H,16,17,18). The first-order valence-corrected chi connectivity index (χ1v) is 7.35. The number of likely N-dealkylation sites (N-methyl/N-ethyl adjacent to an activating group) is 2. The minimum atomic E-state index is 0.328. The van der Waals surface area contributed by atoms with E-state index in [9.17, 15) is 0 Å². The van der Waals surface area contributed by atoms with Crippen molar-refractivity contribution in [3.63, 3.8) is 0 Å². The van der Waals surface area contributed by atoms with Gasteiger partial charge in [0.2, 0.25) is 0 Å². The van der Waals surface area contributed by atoms with E-state index in [0.717, 1.165) is 42.7 Å². The van der Waals surface area contributed by atoms with Gasteiger partial charge in [-0.2, -0.15) is 0 Å². The van der Waals surface area contributed by atoms with Gasteiger partial charge in [-0.25, -0.2) is 9.97 Å². The van der Waals surface area contributed by atoms with Crippen molar-refractivity contribution in [1.29, 1.82) is 0 Å². The molecule has 0 amide bonds. The van der Waals surface area contributed by atoms with E-state index in [0.29, 0.717) is 5.92 Å². The maximum absolute atomic E-state index is 4.75. The summed E-state index contributed by atoms with van der Waals surface area (Å²) in [5.74, 6) is 3.21. The highest BCUT2D eigenvalue weighted by Crippen LogP contribution is 2.25. The van der Waals surface area contributed by atoms with Crippen LogP contribution < -0.4 is 10.2 Å². The van der Waals surface area contributed by atoms with E-state index in [1.165, 1.54) is 0 Å². The molecule has 0 bridgehead atoms. The molecule has 1 heterocycles. The van der Waals surface area contributed by atoms with E-state index >= 15 is 0 Å². The fourth-order valence-corrected chi connectivity index (χ4v) is 1.95. The monoisotopic (exact) mass is 279 g/mol. The van der Waals surface area contributed by atoms with Crippen molar-refractivity contribution in [2.24, 2.45) is 0 Å². The fourth-order valence-electron chi connectivity index (χ4n) is 1.95. The SMILES string of the molecule is CCNc1nc(C(C)C)nc(N(C)CCN(C)C)c1C. The van der Waals surface area contributed by atoms with Crippen LogP contribution in [0.1, 0.15) is 38.1 Å². The van der Waals surface area contributed by atoms with Gasteiger partial charge in [0.25, 0.3) is 0 Å². The van der Waals surface area contributed by atoms with E-state index in [4.69, 9.17) is 4.98 Å². The molecule has 0 aliphatic carbocycles. The Morgan fingerprint density at radius 2 is 1.75 bits per heavy atom. The van der Waals surface area contributed by atoms with Crippen LogP contribution in [0, 0.1) is 6.92 Å². The molecule has 0 atom stereocenters. The van der Waals surface area contributed by atoms with Gasteiger partial charge in [-0.1, -0.05) is 13.8 Å². The lowest BCUT2D eigenvalue weighted by atomic mass is 10.2. The summed E-state index contributed by atoms with van der Waals surface area (Å²) in [4.78, 5) is 13.8. The van der Waals surface area contributed by atoms with Gasteiger partial charge in [-0.05, 0) is 27.9 Å². The van der Waals surface area contributed by atoms with E-state index in [1.54, 1.807) is 0 Å². The van der Waals surface area contributed by atoms with Crippen LogP contribution in [-0.4, -0.2) is 55.6 Å². The summed E-state index contributed by atoms with van der Waals surface area (Å²) in [5, 5.41) is 3.34. The fraction of sp³-hybridized carbons (Fsp3) is 0.733. The molecule has 0 spiro atoms. The summed E-state index contributed by atoms with van der Waals surface area (Å²) in [5.41, 5.74) is 1.12. The molecular weight excluding hydrogens is 250 g/mol. The van der Waals surface area contributed by atoms with E-state index in [1.807, 2.05) is 0 Å². The quantitative estimate of drug-likeness (QED) is 0.830. The smallest absolute Gasteiger partial charge is 0.137 e. The highest BCUT2D eigenvalue weighted by atomic mass is 15.2. The first-order chi connectivity index (χ1) is 9.36. The number of hydrogen-bond donors (Lipinski definition) is 1. The summed E-state index contributed by atoms with van der Waals surface area (Å²) in [7, 11) is 6.27. The Bertz CT molecular complexity index is 429. The minimum Gasteiger partial charge on any atom is -0.370 e. The molecule has 114 valence electrons. The maximum atomic E-state index is 4.75. The predicted octanol–water partition coefficient (Wildman–Crippen LogP) is 2.34. The Labute approximate surface area is 123 Å². The van der Waals surface area contributed by atoms with Crippen LogP contribution in [0.3, 0.4) is 0 Å². The molecule has 1 rings (SSSR count). The molecule has 20 heavy (non-hydrogen) atoms. The van der Waals surface area contributed by atoms with Crippen LogP contribution in [0.15, 0.2) is 0 Å². The van der Waals surface area contributed by atoms with Gasteiger partial charge in [0.15, 0.2) is 0 Å². The summed E-state index contributed by atoms with van der Waals surface area (Å²) in [6.45, 7) is 11.3. The van der Waals surface area contributed by atoms with Crippen LogP contribution in [0.2, 0.25) is 0 Å². The molecule has 0 saturated carbocycles. The molecule has 0 fully saturated rings. The summed E-state index contributed by atoms with van der Waals surface area (Å²) < 4.78 is 0. The molecule has 0 unspecified atom stereocenters. The highest BCUT2D eigenvalue weighted by molar-refractivity contribution is 5.58. The van der Waals surface area contributed by atoms with Gasteiger partial charge in [0, 0.05) is 38.2 Å². The van der Waals surface area contributed by atoms with Crippen molar-refractivity contribution in [2.75, 3.05) is 51.0 Å². The Morgan fingerprint density at radius 3 is 2.25 bits per heavy atom. The molecule has 0 radical (unpaired) electrons. The third kappa shape index (κ3) is 4.34. The van der Waals surface area contributed by atoms with Crippen LogP contribution >= 0.6 is 0 Å². The molecule has 0 aliphatic rings. The van der Waals surface area contributed by atoms with Gasteiger partial charge >= 0.3 is 0 Å². The maximum Gasteiger partial charge on any atom is 0.137 e. The van der Waals surface area contributed by atoms with Gasteiger partial charge in [-0.3, -0.25) is 0 Å². The normalized spacial score (nSPS) is 11.2. The van der Waals surface area contributed by atoms with E-state index in [-0.39, 0.29) is 0 Å². The topological polar surface area (TPSA) is 44.3 Å². The van der Waals surface area contributed by atoms with Crippen molar-refractivity contribution >= 4 is 11.6 Å². The first kappa shape index (κ1) is 16.7.